The monoisotopic (exact) mass is 199 g/mol. The predicted molar refractivity (Wildman–Crippen MR) is 53.0 cm³/mol. The van der Waals surface area contributed by atoms with E-state index in [9.17, 15) is 4.79 Å². The first-order chi connectivity index (χ1) is 6.72. The van der Waals surface area contributed by atoms with Gasteiger partial charge in [0.1, 0.15) is 12.2 Å². The van der Waals surface area contributed by atoms with Crippen LogP contribution in [0, 0.1) is 0 Å². The van der Waals surface area contributed by atoms with Crippen LogP contribution >= 0.6 is 0 Å². The van der Waals surface area contributed by atoms with Gasteiger partial charge in [0, 0.05) is 27.3 Å². The minimum atomic E-state index is -0.00536. The molecule has 0 spiro atoms. The first kappa shape index (κ1) is 11.2. The summed E-state index contributed by atoms with van der Waals surface area (Å²) in [4.78, 5) is 13.2. The van der Waals surface area contributed by atoms with E-state index < -0.39 is 0 Å². The zero-order valence-electron chi connectivity index (χ0n) is 8.90. The molecule has 1 fully saturated rings. The average molecular weight is 199 g/mol. The SMILES string of the molecule is C/C=C/C(=O)N1CC(OC)C(OC)C1. The zero-order chi connectivity index (χ0) is 10.6. The van der Waals surface area contributed by atoms with E-state index in [1.165, 1.54) is 0 Å². The number of amides is 1. The molecule has 1 aliphatic heterocycles. The Kier molecular flexibility index (Phi) is 4.10. The van der Waals surface area contributed by atoms with Crippen LogP contribution in [0.25, 0.3) is 0 Å². The summed E-state index contributed by atoms with van der Waals surface area (Å²) < 4.78 is 10.5. The maximum atomic E-state index is 11.5. The summed E-state index contributed by atoms with van der Waals surface area (Å²) in [7, 11) is 3.28. The molecule has 80 valence electrons. The maximum Gasteiger partial charge on any atom is 0.246 e. The summed E-state index contributed by atoms with van der Waals surface area (Å²) in [6.45, 7) is 3.05. The number of carbonyl (C=O) groups is 1. The van der Waals surface area contributed by atoms with Crippen LogP contribution in [0.2, 0.25) is 0 Å². The summed E-state index contributed by atoms with van der Waals surface area (Å²) in [5.41, 5.74) is 0. The van der Waals surface area contributed by atoms with Crippen molar-refractivity contribution in [3.63, 3.8) is 0 Å². The van der Waals surface area contributed by atoms with E-state index in [2.05, 4.69) is 0 Å². The highest BCUT2D eigenvalue weighted by Gasteiger charge is 2.34. The normalized spacial score (nSPS) is 27.5. The van der Waals surface area contributed by atoms with E-state index in [1.807, 2.05) is 6.92 Å². The van der Waals surface area contributed by atoms with Crippen molar-refractivity contribution in [3.05, 3.63) is 12.2 Å². The second-order valence-electron chi connectivity index (χ2n) is 3.29. The molecule has 0 aromatic carbocycles. The summed E-state index contributed by atoms with van der Waals surface area (Å²) in [5.74, 6) is 0.0223. The van der Waals surface area contributed by atoms with Gasteiger partial charge >= 0.3 is 0 Å². The third kappa shape index (κ3) is 2.33. The van der Waals surface area contributed by atoms with Gasteiger partial charge in [0.15, 0.2) is 0 Å². The Balaban J connectivity index is 2.56. The molecule has 2 unspecified atom stereocenters. The van der Waals surface area contributed by atoms with E-state index in [0.717, 1.165) is 0 Å². The van der Waals surface area contributed by atoms with Gasteiger partial charge in [-0.1, -0.05) is 6.08 Å². The Bertz CT molecular complexity index is 215. The van der Waals surface area contributed by atoms with Crippen LogP contribution in [-0.4, -0.2) is 50.3 Å². The number of allylic oxidation sites excluding steroid dienone is 1. The van der Waals surface area contributed by atoms with Gasteiger partial charge in [-0.05, 0) is 13.0 Å². The largest absolute Gasteiger partial charge is 0.377 e. The maximum absolute atomic E-state index is 11.5. The van der Waals surface area contributed by atoms with Crippen LogP contribution in [0.4, 0.5) is 0 Å². The van der Waals surface area contributed by atoms with Gasteiger partial charge in [-0.2, -0.15) is 0 Å². The van der Waals surface area contributed by atoms with Crippen LogP contribution in [0.15, 0.2) is 12.2 Å². The highest BCUT2D eigenvalue weighted by atomic mass is 16.5. The first-order valence-electron chi connectivity index (χ1n) is 4.70. The van der Waals surface area contributed by atoms with Gasteiger partial charge < -0.3 is 14.4 Å². The number of likely N-dealkylation sites (tertiary alicyclic amines) is 1. The minimum Gasteiger partial charge on any atom is -0.377 e. The standard InChI is InChI=1S/C10H17NO3/c1-4-5-10(12)11-6-8(13-2)9(7-11)14-3/h4-5,8-9H,6-7H2,1-3H3/b5-4+. The highest BCUT2D eigenvalue weighted by Crippen LogP contribution is 2.15. The Labute approximate surface area is 84.5 Å². The van der Waals surface area contributed by atoms with Crippen molar-refractivity contribution >= 4 is 5.91 Å². The molecule has 0 saturated carbocycles. The number of methoxy groups -OCH3 is 2. The predicted octanol–water partition coefficient (Wildman–Crippen LogP) is 0.435. The zero-order valence-corrected chi connectivity index (χ0v) is 8.90. The van der Waals surface area contributed by atoms with Crippen molar-refractivity contribution in [3.8, 4) is 0 Å². The molecule has 0 aliphatic carbocycles. The fraction of sp³-hybridized carbons (Fsp3) is 0.700. The molecule has 1 saturated heterocycles. The third-order valence-electron chi connectivity index (χ3n) is 2.44. The number of ether oxygens (including phenoxy) is 2. The molecule has 0 aromatic rings. The molecular formula is C10H17NO3. The van der Waals surface area contributed by atoms with Crippen LogP contribution in [-0.2, 0) is 14.3 Å². The number of hydrogen-bond acceptors (Lipinski definition) is 3. The van der Waals surface area contributed by atoms with E-state index in [1.54, 1.807) is 31.3 Å². The van der Waals surface area contributed by atoms with Crippen LogP contribution in [0.3, 0.4) is 0 Å². The Morgan fingerprint density at radius 3 is 2.14 bits per heavy atom. The molecule has 14 heavy (non-hydrogen) atoms. The molecule has 0 N–H and O–H groups in total. The molecule has 1 aliphatic rings. The summed E-state index contributed by atoms with van der Waals surface area (Å²) in [6, 6.07) is 0. The molecule has 4 nitrogen and oxygen atoms in total. The summed E-state index contributed by atoms with van der Waals surface area (Å²) in [6.07, 6.45) is 3.29. The van der Waals surface area contributed by atoms with Gasteiger partial charge in [-0.15, -0.1) is 0 Å². The Hall–Kier alpha value is -0.870. The second kappa shape index (κ2) is 5.12. The van der Waals surface area contributed by atoms with Crippen molar-refractivity contribution in [2.24, 2.45) is 0 Å². The molecule has 0 radical (unpaired) electrons. The lowest BCUT2D eigenvalue weighted by atomic mass is 10.3. The topological polar surface area (TPSA) is 38.8 Å². The van der Waals surface area contributed by atoms with Gasteiger partial charge in [0.25, 0.3) is 0 Å². The molecule has 0 bridgehead atoms. The summed E-state index contributed by atoms with van der Waals surface area (Å²) in [5, 5.41) is 0. The van der Waals surface area contributed by atoms with Gasteiger partial charge in [-0.3, -0.25) is 4.79 Å². The van der Waals surface area contributed by atoms with Crippen molar-refractivity contribution in [1.29, 1.82) is 0 Å². The van der Waals surface area contributed by atoms with Crippen molar-refractivity contribution < 1.29 is 14.3 Å². The second-order valence-corrected chi connectivity index (χ2v) is 3.29. The average Bonchev–Trinajstić information content (AvgIpc) is 2.61. The smallest absolute Gasteiger partial charge is 0.246 e. The van der Waals surface area contributed by atoms with Gasteiger partial charge in [-0.25, -0.2) is 0 Å². The van der Waals surface area contributed by atoms with Crippen LogP contribution < -0.4 is 0 Å². The van der Waals surface area contributed by atoms with Crippen molar-refractivity contribution in [2.75, 3.05) is 27.3 Å². The number of hydrogen-bond donors (Lipinski definition) is 0. The van der Waals surface area contributed by atoms with Gasteiger partial charge in [0.05, 0.1) is 0 Å². The Morgan fingerprint density at radius 2 is 1.79 bits per heavy atom. The molecule has 1 heterocycles. The van der Waals surface area contributed by atoms with Crippen molar-refractivity contribution in [1.82, 2.24) is 4.90 Å². The number of rotatable bonds is 3. The molecular weight excluding hydrogens is 182 g/mol. The molecule has 0 aromatic heterocycles. The minimum absolute atomic E-state index is 0.00536. The van der Waals surface area contributed by atoms with E-state index >= 15 is 0 Å². The fourth-order valence-corrected chi connectivity index (χ4v) is 1.62. The van der Waals surface area contributed by atoms with E-state index in [-0.39, 0.29) is 18.1 Å². The highest BCUT2D eigenvalue weighted by molar-refractivity contribution is 5.87. The lowest BCUT2D eigenvalue weighted by Crippen LogP contribution is -2.28. The molecule has 4 heteroatoms. The lowest BCUT2D eigenvalue weighted by Gasteiger charge is -2.13. The van der Waals surface area contributed by atoms with Gasteiger partial charge in [0.2, 0.25) is 5.91 Å². The van der Waals surface area contributed by atoms with Crippen LogP contribution in [0.5, 0.6) is 0 Å². The van der Waals surface area contributed by atoms with E-state index in [4.69, 9.17) is 9.47 Å². The molecule has 1 amide bonds. The number of carbonyl (C=O) groups excluding carboxylic acids is 1. The lowest BCUT2D eigenvalue weighted by molar-refractivity contribution is -0.125. The molecule has 2 atom stereocenters. The van der Waals surface area contributed by atoms with Crippen LogP contribution in [0.1, 0.15) is 6.92 Å². The molecule has 1 rings (SSSR count). The van der Waals surface area contributed by atoms with Crippen molar-refractivity contribution in [2.45, 2.75) is 19.1 Å². The number of nitrogens with zero attached hydrogens (tertiary/aromatic N) is 1. The summed E-state index contributed by atoms with van der Waals surface area (Å²) >= 11 is 0. The fourth-order valence-electron chi connectivity index (χ4n) is 1.62. The Morgan fingerprint density at radius 1 is 1.29 bits per heavy atom. The van der Waals surface area contributed by atoms with E-state index in [0.29, 0.717) is 13.1 Å². The quantitative estimate of drug-likeness (QED) is 0.619. The third-order valence-corrected chi connectivity index (χ3v) is 2.44. The first-order valence-corrected chi connectivity index (χ1v) is 4.70.